The molecule has 2 aromatic carbocycles. The van der Waals surface area contributed by atoms with Crippen LogP contribution < -0.4 is 5.32 Å². The topological polar surface area (TPSA) is 67.8 Å². The number of esters is 1. The molecule has 1 aliphatic carbocycles. The maximum atomic E-state index is 13.1. The number of β-amino-alcohol motifs (C(OH)–C–C–N with tert-alkyl or cyclic N) is 1. The smallest absolute Gasteiger partial charge is 0.306 e. The third-order valence-corrected chi connectivity index (χ3v) is 6.72. The number of ether oxygens (including phenoxy) is 2. The monoisotopic (exact) mass is 527 g/mol. The number of allylic oxidation sites excluding steroid dienone is 1. The zero-order valence-electron chi connectivity index (χ0n) is 23.8. The van der Waals surface area contributed by atoms with Crippen LogP contribution in [0.25, 0.3) is 6.08 Å². The second kappa shape index (κ2) is 16.4. The van der Waals surface area contributed by atoms with Gasteiger partial charge in [-0.25, -0.2) is 4.39 Å². The molecule has 0 amide bonds. The molecule has 0 aromatic heterocycles. The van der Waals surface area contributed by atoms with Crippen LogP contribution in [0.4, 0.5) is 4.39 Å². The van der Waals surface area contributed by atoms with Crippen LogP contribution in [0.5, 0.6) is 0 Å². The van der Waals surface area contributed by atoms with Crippen LogP contribution in [-0.2, 0) is 33.5 Å². The minimum atomic E-state index is -0.431. The number of methoxy groups -OCH3 is 1. The van der Waals surface area contributed by atoms with Gasteiger partial charge < -0.3 is 19.9 Å². The Morgan fingerprint density at radius 2 is 1.87 bits per heavy atom. The number of hydrogen-bond donors (Lipinski definition) is 2. The van der Waals surface area contributed by atoms with Gasteiger partial charge in [0.25, 0.3) is 0 Å². The summed E-state index contributed by atoms with van der Waals surface area (Å²) in [6.45, 7) is 9.63. The van der Waals surface area contributed by atoms with Gasteiger partial charge in [-0.15, -0.1) is 0 Å². The molecule has 0 aliphatic heterocycles. The molecule has 0 fully saturated rings. The largest absolute Gasteiger partial charge is 0.466 e. The van der Waals surface area contributed by atoms with Crippen molar-refractivity contribution in [3.8, 4) is 0 Å². The van der Waals surface area contributed by atoms with E-state index >= 15 is 0 Å². The van der Waals surface area contributed by atoms with Crippen molar-refractivity contribution in [2.24, 2.45) is 5.92 Å². The molecule has 1 aliphatic rings. The zero-order chi connectivity index (χ0) is 28.0. The van der Waals surface area contributed by atoms with E-state index < -0.39 is 6.10 Å². The molecule has 6 heteroatoms. The van der Waals surface area contributed by atoms with E-state index in [0.717, 1.165) is 24.0 Å². The molecule has 5 nitrogen and oxygen atoms in total. The number of benzene rings is 2. The van der Waals surface area contributed by atoms with Crippen LogP contribution in [0.2, 0.25) is 0 Å². The highest BCUT2D eigenvalue weighted by atomic mass is 19.1. The number of hydrogen-bond acceptors (Lipinski definition) is 5. The van der Waals surface area contributed by atoms with Crippen molar-refractivity contribution in [3.63, 3.8) is 0 Å². The lowest BCUT2D eigenvalue weighted by Gasteiger charge is -2.30. The van der Waals surface area contributed by atoms with Crippen LogP contribution in [0.1, 0.15) is 69.2 Å². The van der Waals surface area contributed by atoms with Crippen LogP contribution in [0.3, 0.4) is 0 Å². The third-order valence-electron chi connectivity index (χ3n) is 6.72. The van der Waals surface area contributed by atoms with E-state index in [2.05, 4.69) is 43.4 Å². The van der Waals surface area contributed by atoms with Crippen LogP contribution in [0, 0.1) is 11.7 Å². The molecule has 0 saturated carbocycles. The van der Waals surface area contributed by atoms with Gasteiger partial charge in [-0.05, 0) is 93.2 Å². The fraction of sp³-hybridized carbons (Fsp3) is 0.531. The molecule has 0 bridgehead atoms. The normalized spacial score (nSPS) is 14.2. The number of rotatable bonds is 13. The first-order valence-electron chi connectivity index (χ1n) is 13.8. The van der Waals surface area contributed by atoms with Gasteiger partial charge in [0, 0.05) is 25.6 Å². The number of carbonyl (C=O) groups is 1. The molecule has 1 unspecified atom stereocenters. The number of fused-ring (bicyclic) bond motifs is 1. The number of aliphatic hydroxyl groups is 1. The Kier molecular flexibility index (Phi) is 13.7. The summed E-state index contributed by atoms with van der Waals surface area (Å²) in [5.74, 6) is 0.267. The van der Waals surface area contributed by atoms with Crippen LogP contribution in [0.15, 0.2) is 48.5 Å². The minimum absolute atomic E-state index is 0.0431. The summed E-state index contributed by atoms with van der Waals surface area (Å²) in [6.07, 6.45) is 8.63. The fourth-order valence-electron chi connectivity index (χ4n) is 4.92. The van der Waals surface area contributed by atoms with E-state index in [9.17, 15) is 14.3 Å². The molecular formula is C32H46FNO4. The summed E-state index contributed by atoms with van der Waals surface area (Å²) in [5, 5.41) is 13.2. The zero-order valence-corrected chi connectivity index (χ0v) is 23.8. The second-order valence-corrected chi connectivity index (χ2v) is 10.6. The Balaban J connectivity index is 0.000000269. The van der Waals surface area contributed by atoms with E-state index in [1.54, 1.807) is 20.1 Å². The van der Waals surface area contributed by atoms with Gasteiger partial charge in [0.1, 0.15) is 5.82 Å². The van der Waals surface area contributed by atoms with E-state index in [4.69, 9.17) is 9.47 Å². The van der Waals surface area contributed by atoms with Crippen LogP contribution >= 0.6 is 0 Å². The first-order valence-corrected chi connectivity index (χ1v) is 13.8. The van der Waals surface area contributed by atoms with E-state index in [1.165, 1.54) is 36.1 Å². The molecular weight excluding hydrogens is 481 g/mol. The molecule has 2 N–H and O–H groups in total. The summed E-state index contributed by atoms with van der Waals surface area (Å²) >= 11 is 0. The molecule has 0 saturated heterocycles. The van der Waals surface area contributed by atoms with E-state index in [0.29, 0.717) is 38.5 Å². The van der Waals surface area contributed by atoms with Gasteiger partial charge in [0.05, 0.1) is 19.3 Å². The maximum absolute atomic E-state index is 13.1. The van der Waals surface area contributed by atoms with Crippen molar-refractivity contribution in [1.82, 2.24) is 5.32 Å². The highest BCUT2D eigenvalue weighted by Gasteiger charge is 2.28. The molecule has 0 spiro atoms. The Bertz CT molecular complexity index is 995. The molecule has 0 heterocycles. The highest BCUT2D eigenvalue weighted by molar-refractivity contribution is 5.69. The maximum Gasteiger partial charge on any atom is 0.306 e. The Labute approximate surface area is 228 Å². The molecule has 0 radical (unpaired) electrons. The Hall–Kier alpha value is -2.54. The summed E-state index contributed by atoms with van der Waals surface area (Å²) in [7, 11) is 1.62. The van der Waals surface area contributed by atoms with Gasteiger partial charge in [-0.1, -0.05) is 49.4 Å². The fourth-order valence-corrected chi connectivity index (χ4v) is 4.92. The summed E-state index contributed by atoms with van der Waals surface area (Å²) in [4.78, 5) is 11.1. The lowest BCUT2D eigenvalue weighted by atomic mass is 9.88. The number of aryl methyl sites for hydroxylation is 1. The van der Waals surface area contributed by atoms with Crippen molar-refractivity contribution in [1.29, 1.82) is 0 Å². The summed E-state index contributed by atoms with van der Waals surface area (Å²) in [6, 6.07) is 13.5. The second-order valence-electron chi connectivity index (χ2n) is 10.6. The molecule has 2 aromatic rings. The van der Waals surface area contributed by atoms with Gasteiger partial charge in [0.2, 0.25) is 0 Å². The summed E-state index contributed by atoms with van der Waals surface area (Å²) in [5.41, 5.74) is 5.03. The van der Waals surface area contributed by atoms with Crippen molar-refractivity contribution >= 4 is 12.0 Å². The molecule has 1 atom stereocenters. The van der Waals surface area contributed by atoms with Gasteiger partial charge in [0.15, 0.2) is 0 Å². The number of halogens is 1. The number of aliphatic hydroxyl groups excluding tert-OH is 1. The quantitative estimate of drug-likeness (QED) is 0.317. The predicted molar refractivity (Wildman–Crippen MR) is 153 cm³/mol. The molecule has 3 rings (SSSR count). The molecule has 38 heavy (non-hydrogen) atoms. The number of carbonyl (C=O) groups excluding carboxylic acids is 1. The average molecular weight is 528 g/mol. The Morgan fingerprint density at radius 1 is 1.18 bits per heavy atom. The third kappa shape index (κ3) is 11.5. The first kappa shape index (κ1) is 31.7. The lowest BCUT2D eigenvalue weighted by molar-refractivity contribution is -0.143. The van der Waals surface area contributed by atoms with Crippen molar-refractivity contribution in [3.05, 3.63) is 76.6 Å². The van der Waals surface area contributed by atoms with Crippen molar-refractivity contribution in [2.45, 2.75) is 77.9 Å². The summed E-state index contributed by atoms with van der Waals surface area (Å²) < 4.78 is 22.9. The van der Waals surface area contributed by atoms with Crippen molar-refractivity contribution in [2.75, 3.05) is 26.9 Å². The lowest BCUT2D eigenvalue weighted by Crippen LogP contribution is -2.45. The van der Waals surface area contributed by atoms with Crippen molar-refractivity contribution < 1.29 is 23.8 Å². The minimum Gasteiger partial charge on any atom is -0.466 e. The SMILES string of the molecule is CCOC(=O)CC/C=C/c1cc(F)ccc1CC.COCC(O)CNC(C)(C)CC1Cc2ccccc2C1. The highest BCUT2D eigenvalue weighted by Crippen LogP contribution is 2.31. The number of nitrogens with one attached hydrogen (secondary N) is 1. The van der Waals surface area contributed by atoms with Gasteiger partial charge in [-0.3, -0.25) is 4.79 Å². The Morgan fingerprint density at radius 3 is 2.47 bits per heavy atom. The average Bonchev–Trinajstić information content (AvgIpc) is 3.28. The van der Waals surface area contributed by atoms with Gasteiger partial charge >= 0.3 is 5.97 Å². The van der Waals surface area contributed by atoms with Crippen LogP contribution in [-0.4, -0.2) is 49.6 Å². The van der Waals surface area contributed by atoms with Gasteiger partial charge in [-0.2, -0.15) is 0 Å². The van der Waals surface area contributed by atoms with E-state index in [-0.39, 0.29) is 17.3 Å². The first-order chi connectivity index (χ1) is 18.2. The predicted octanol–water partition coefficient (Wildman–Crippen LogP) is 5.91. The molecule has 210 valence electrons. The standard InChI is InChI=1S/C17H27NO2.C15H19FO2/c1-17(2,18-11-16(19)12-20-3)10-13-8-14-6-4-5-7-15(14)9-13;1-3-12-9-10-14(16)11-13(12)7-5-6-8-15(17)18-4-2/h4-7,13,16,18-19H,8-12H2,1-3H3;5,7,9-11H,3-4,6,8H2,1-2H3/b;7-5+. The van der Waals surface area contributed by atoms with E-state index in [1.807, 2.05) is 19.1 Å².